The molecule has 0 bridgehead atoms. The molecule has 0 saturated heterocycles. The van der Waals surface area contributed by atoms with Crippen LogP contribution in [-0.2, 0) is 0 Å². The van der Waals surface area contributed by atoms with E-state index in [9.17, 15) is 9.18 Å². The maximum atomic E-state index is 13.5. The summed E-state index contributed by atoms with van der Waals surface area (Å²) >= 11 is 3.05. The summed E-state index contributed by atoms with van der Waals surface area (Å²) in [5, 5.41) is 2.67. The molecule has 0 atom stereocenters. The van der Waals surface area contributed by atoms with Crippen LogP contribution < -0.4 is 19.5 Å². The van der Waals surface area contributed by atoms with Gasteiger partial charge in [0.05, 0.1) is 25.8 Å². The molecule has 0 heterocycles. The number of ether oxygens (including phenoxy) is 3. The lowest BCUT2D eigenvalue weighted by Crippen LogP contribution is -2.12. The number of hydrogen-bond acceptors (Lipinski definition) is 4. The van der Waals surface area contributed by atoms with Crippen molar-refractivity contribution in [2.45, 2.75) is 0 Å². The van der Waals surface area contributed by atoms with E-state index >= 15 is 0 Å². The highest BCUT2D eigenvalue weighted by atomic mass is 79.9. The van der Waals surface area contributed by atoms with Crippen molar-refractivity contribution in [1.82, 2.24) is 0 Å². The highest BCUT2D eigenvalue weighted by Crippen LogP contribution is 2.40. The molecule has 0 aromatic heterocycles. The zero-order chi connectivity index (χ0) is 17.0. The number of methoxy groups -OCH3 is 3. The Hall–Kier alpha value is -2.28. The van der Waals surface area contributed by atoms with Crippen molar-refractivity contribution >= 4 is 27.5 Å². The predicted octanol–water partition coefficient (Wildman–Crippen LogP) is 3.87. The SMILES string of the molecule is COc1cc(NC(=O)c2ccc(Br)c(F)c2)cc(OC)c1OC. The lowest BCUT2D eigenvalue weighted by atomic mass is 10.2. The Labute approximate surface area is 141 Å². The number of halogens is 2. The molecule has 1 amide bonds. The summed E-state index contributed by atoms with van der Waals surface area (Å²) in [6, 6.07) is 7.32. The van der Waals surface area contributed by atoms with Gasteiger partial charge in [-0.15, -0.1) is 0 Å². The van der Waals surface area contributed by atoms with Gasteiger partial charge < -0.3 is 19.5 Å². The van der Waals surface area contributed by atoms with Crippen molar-refractivity contribution < 1.29 is 23.4 Å². The second-order valence-corrected chi connectivity index (χ2v) is 5.35. The number of amides is 1. The van der Waals surface area contributed by atoms with Crippen LogP contribution >= 0.6 is 15.9 Å². The van der Waals surface area contributed by atoms with Gasteiger partial charge in [-0.05, 0) is 34.1 Å². The summed E-state index contributed by atoms with van der Waals surface area (Å²) in [7, 11) is 4.45. The maximum Gasteiger partial charge on any atom is 0.255 e. The van der Waals surface area contributed by atoms with Crippen LogP contribution in [0.2, 0.25) is 0 Å². The molecule has 0 spiro atoms. The topological polar surface area (TPSA) is 56.8 Å². The molecule has 0 unspecified atom stereocenters. The van der Waals surface area contributed by atoms with E-state index in [2.05, 4.69) is 21.2 Å². The van der Waals surface area contributed by atoms with Gasteiger partial charge in [-0.3, -0.25) is 4.79 Å². The predicted molar refractivity (Wildman–Crippen MR) is 88.2 cm³/mol. The Bertz CT molecular complexity index is 711. The molecule has 7 heteroatoms. The van der Waals surface area contributed by atoms with E-state index < -0.39 is 11.7 Å². The van der Waals surface area contributed by atoms with Gasteiger partial charge in [0.25, 0.3) is 5.91 Å². The number of carbonyl (C=O) groups excluding carboxylic acids is 1. The van der Waals surface area contributed by atoms with E-state index in [1.54, 1.807) is 12.1 Å². The maximum absolute atomic E-state index is 13.5. The first-order valence-corrected chi connectivity index (χ1v) is 7.35. The molecular weight excluding hydrogens is 369 g/mol. The van der Waals surface area contributed by atoms with Gasteiger partial charge in [0.15, 0.2) is 11.5 Å². The van der Waals surface area contributed by atoms with Crippen LogP contribution in [0.1, 0.15) is 10.4 Å². The van der Waals surface area contributed by atoms with E-state index in [1.165, 1.54) is 33.5 Å². The van der Waals surface area contributed by atoms with E-state index in [4.69, 9.17) is 14.2 Å². The Morgan fingerprint density at radius 3 is 2.13 bits per heavy atom. The first-order valence-electron chi connectivity index (χ1n) is 6.56. The summed E-state index contributed by atoms with van der Waals surface area (Å²) in [5.41, 5.74) is 0.632. The number of rotatable bonds is 5. The molecule has 5 nitrogen and oxygen atoms in total. The Kier molecular flexibility index (Phi) is 5.44. The van der Waals surface area contributed by atoms with Gasteiger partial charge in [0.2, 0.25) is 5.75 Å². The highest BCUT2D eigenvalue weighted by molar-refractivity contribution is 9.10. The number of hydrogen-bond donors (Lipinski definition) is 1. The fraction of sp³-hybridized carbons (Fsp3) is 0.188. The molecule has 23 heavy (non-hydrogen) atoms. The minimum Gasteiger partial charge on any atom is -0.493 e. The van der Waals surface area contributed by atoms with Crippen LogP contribution in [0.15, 0.2) is 34.8 Å². The van der Waals surface area contributed by atoms with Gasteiger partial charge in [-0.1, -0.05) is 0 Å². The lowest BCUT2D eigenvalue weighted by molar-refractivity contribution is 0.102. The number of benzene rings is 2. The molecule has 2 rings (SSSR count). The molecule has 0 aliphatic carbocycles. The zero-order valence-electron chi connectivity index (χ0n) is 12.8. The van der Waals surface area contributed by atoms with E-state index in [0.29, 0.717) is 27.4 Å². The molecule has 122 valence electrons. The third kappa shape index (κ3) is 3.73. The van der Waals surface area contributed by atoms with Crippen molar-refractivity contribution in [2.75, 3.05) is 26.6 Å². The van der Waals surface area contributed by atoms with Gasteiger partial charge in [-0.2, -0.15) is 0 Å². The fourth-order valence-corrected chi connectivity index (χ4v) is 2.24. The number of carbonyl (C=O) groups is 1. The largest absolute Gasteiger partial charge is 0.493 e. The molecule has 0 aliphatic rings. The van der Waals surface area contributed by atoms with Crippen molar-refractivity contribution in [2.24, 2.45) is 0 Å². The van der Waals surface area contributed by atoms with Crippen LogP contribution in [0.5, 0.6) is 17.2 Å². The van der Waals surface area contributed by atoms with Crippen LogP contribution in [-0.4, -0.2) is 27.2 Å². The van der Waals surface area contributed by atoms with Crippen LogP contribution in [0.4, 0.5) is 10.1 Å². The number of nitrogens with one attached hydrogen (secondary N) is 1. The molecule has 0 fully saturated rings. The van der Waals surface area contributed by atoms with Crippen LogP contribution in [0.3, 0.4) is 0 Å². The normalized spacial score (nSPS) is 10.1. The summed E-state index contributed by atoms with van der Waals surface area (Å²) in [4.78, 5) is 12.2. The van der Waals surface area contributed by atoms with Gasteiger partial charge in [0, 0.05) is 23.4 Å². The van der Waals surface area contributed by atoms with Crippen LogP contribution in [0, 0.1) is 5.82 Å². The van der Waals surface area contributed by atoms with E-state index in [-0.39, 0.29) is 5.56 Å². The standard InChI is InChI=1S/C16H15BrFNO4/c1-21-13-7-10(8-14(22-2)15(13)23-3)19-16(20)9-4-5-11(17)12(18)6-9/h4-8H,1-3H3,(H,19,20). The molecule has 0 aliphatic heterocycles. The zero-order valence-corrected chi connectivity index (χ0v) is 14.4. The van der Waals surface area contributed by atoms with Gasteiger partial charge in [-0.25, -0.2) is 4.39 Å². The lowest BCUT2D eigenvalue weighted by Gasteiger charge is -2.14. The Morgan fingerprint density at radius 2 is 1.65 bits per heavy atom. The third-order valence-electron chi connectivity index (χ3n) is 3.10. The minimum atomic E-state index is -0.512. The molecule has 2 aromatic carbocycles. The summed E-state index contributed by atoms with van der Waals surface area (Å²) in [5.74, 6) is 0.268. The third-order valence-corrected chi connectivity index (χ3v) is 3.75. The monoisotopic (exact) mass is 383 g/mol. The molecule has 1 N–H and O–H groups in total. The van der Waals surface area contributed by atoms with E-state index in [1.807, 2.05) is 0 Å². The summed E-state index contributed by atoms with van der Waals surface area (Å²) in [6.45, 7) is 0. The minimum absolute atomic E-state index is 0.194. The average molecular weight is 384 g/mol. The summed E-state index contributed by atoms with van der Waals surface area (Å²) in [6.07, 6.45) is 0. The average Bonchev–Trinajstić information content (AvgIpc) is 2.56. The molecule has 0 saturated carbocycles. The van der Waals surface area contributed by atoms with Crippen molar-refractivity contribution in [1.29, 1.82) is 0 Å². The smallest absolute Gasteiger partial charge is 0.255 e. The highest BCUT2D eigenvalue weighted by Gasteiger charge is 2.15. The second-order valence-electron chi connectivity index (χ2n) is 4.50. The Morgan fingerprint density at radius 1 is 1.04 bits per heavy atom. The molecular formula is C16H15BrFNO4. The van der Waals surface area contributed by atoms with Crippen molar-refractivity contribution in [3.05, 3.63) is 46.2 Å². The van der Waals surface area contributed by atoms with Crippen molar-refractivity contribution in [3.63, 3.8) is 0 Å². The summed E-state index contributed by atoms with van der Waals surface area (Å²) < 4.78 is 29.5. The van der Waals surface area contributed by atoms with Gasteiger partial charge >= 0.3 is 0 Å². The van der Waals surface area contributed by atoms with Gasteiger partial charge in [0.1, 0.15) is 5.82 Å². The first-order chi connectivity index (χ1) is 11.0. The van der Waals surface area contributed by atoms with Crippen molar-refractivity contribution in [3.8, 4) is 17.2 Å². The first kappa shape index (κ1) is 17.1. The number of anilines is 1. The Balaban J connectivity index is 2.31. The quantitative estimate of drug-likeness (QED) is 0.851. The molecule has 2 aromatic rings. The molecule has 0 radical (unpaired) electrons. The second kappa shape index (κ2) is 7.32. The van der Waals surface area contributed by atoms with E-state index in [0.717, 1.165) is 6.07 Å². The fourth-order valence-electron chi connectivity index (χ4n) is 1.99. The van der Waals surface area contributed by atoms with Crippen LogP contribution in [0.25, 0.3) is 0 Å².